The van der Waals surface area contributed by atoms with Gasteiger partial charge < -0.3 is 9.64 Å². The topological polar surface area (TPSA) is 12.5 Å². The molecule has 1 rings (SSSR count). The van der Waals surface area contributed by atoms with E-state index in [0.717, 1.165) is 12.2 Å². The summed E-state index contributed by atoms with van der Waals surface area (Å²) < 4.78 is 5.18. The first kappa shape index (κ1) is 10.6. The molecule has 0 spiro atoms. The molecular weight excluding hydrogens is 174 g/mol. The van der Waals surface area contributed by atoms with Crippen LogP contribution in [-0.2, 0) is 6.42 Å². The Balaban J connectivity index is 3.09. The van der Waals surface area contributed by atoms with Gasteiger partial charge in [-0.1, -0.05) is 6.08 Å². The summed E-state index contributed by atoms with van der Waals surface area (Å²) in [5, 5.41) is 0. The van der Waals surface area contributed by atoms with E-state index in [0.29, 0.717) is 0 Å². The van der Waals surface area contributed by atoms with E-state index < -0.39 is 0 Å². The standard InChI is InChI=1S/C12H17NO/c1-5-6-10-9-11(14-4)7-8-12(10)13(2)3/h5,7-9H,1,6H2,2-4H3. The van der Waals surface area contributed by atoms with Crippen molar-refractivity contribution in [2.75, 3.05) is 26.1 Å². The minimum Gasteiger partial charge on any atom is -0.497 e. The van der Waals surface area contributed by atoms with E-state index in [-0.39, 0.29) is 0 Å². The molecule has 0 radical (unpaired) electrons. The Labute approximate surface area is 85.8 Å². The smallest absolute Gasteiger partial charge is 0.119 e. The summed E-state index contributed by atoms with van der Waals surface area (Å²) in [6.45, 7) is 3.75. The van der Waals surface area contributed by atoms with Crippen LogP contribution >= 0.6 is 0 Å². The van der Waals surface area contributed by atoms with Gasteiger partial charge in [0, 0.05) is 19.8 Å². The van der Waals surface area contributed by atoms with Crippen LogP contribution in [0.25, 0.3) is 0 Å². The van der Waals surface area contributed by atoms with Gasteiger partial charge in [0.1, 0.15) is 5.75 Å². The Morgan fingerprint density at radius 2 is 2.14 bits per heavy atom. The van der Waals surface area contributed by atoms with Gasteiger partial charge in [0.15, 0.2) is 0 Å². The molecule has 14 heavy (non-hydrogen) atoms. The lowest BCUT2D eigenvalue weighted by atomic mass is 10.1. The summed E-state index contributed by atoms with van der Waals surface area (Å²) in [6.07, 6.45) is 2.77. The minimum atomic E-state index is 0.866. The van der Waals surface area contributed by atoms with Gasteiger partial charge in [0.2, 0.25) is 0 Å². The molecule has 0 heterocycles. The summed E-state index contributed by atoms with van der Waals surface area (Å²) in [4.78, 5) is 2.10. The zero-order valence-electron chi connectivity index (χ0n) is 9.08. The van der Waals surface area contributed by atoms with Gasteiger partial charge in [-0.15, -0.1) is 6.58 Å². The van der Waals surface area contributed by atoms with Crippen LogP contribution < -0.4 is 9.64 Å². The first-order chi connectivity index (χ1) is 6.69. The molecule has 0 fully saturated rings. The highest BCUT2D eigenvalue weighted by molar-refractivity contribution is 5.56. The van der Waals surface area contributed by atoms with Gasteiger partial charge in [-0.05, 0) is 30.2 Å². The largest absolute Gasteiger partial charge is 0.497 e. The van der Waals surface area contributed by atoms with E-state index in [9.17, 15) is 0 Å². The average molecular weight is 191 g/mol. The summed E-state index contributed by atoms with van der Waals surface area (Å²) in [5.41, 5.74) is 2.45. The Bertz CT molecular complexity index is 318. The van der Waals surface area contributed by atoms with Gasteiger partial charge in [-0.2, -0.15) is 0 Å². The second-order valence-electron chi connectivity index (χ2n) is 3.38. The van der Waals surface area contributed by atoms with E-state index in [1.54, 1.807) is 7.11 Å². The molecule has 0 bridgehead atoms. The summed E-state index contributed by atoms with van der Waals surface area (Å²) in [5.74, 6) is 0.896. The van der Waals surface area contributed by atoms with Crippen molar-refractivity contribution in [2.45, 2.75) is 6.42 Å². The monoisotopic (exact) mass is 191 g/mol. The Hall–Kier alpha value is -1.44. The maximum absolute atomic E-state index is 5.18. The van der Waals surface area contributed by atoms with Crippen LogP contribution in [0, 0.1) is 0 Å². The van der Waals surface area contributed by atoms with Crippen LogP contribution in [0.5, 0.6) is 5.75 Å². The van der Waals surface area contributed by atoms with Crippen LogP contribution in [0.15, 0.2) is 30.9 Å². The predicted octanol–water partition coefficient (Wildman–Crippen LogP) is 2.49. The third kappa shape index (κ3) is 2.28. The average Bonchev–Trinajstić information content (AvgIpc) is 2.17. The number of anilines is 1. The highest BCUT2D eigenvalue weighted by Crippen LogP contribution is 2.24. The molecule has 0 saturated heterocycles. The summed E-state index contributed by atoms with van der Waals surface area (Å²) in [7, 11) is 5.76. The molecule has 0 aromatic heterocycles. The molecule has 0 amide bonds. The molecule has 1 aromatic rings. The van der Waals surface area contributed by atoms with Gasteiger partial charge in [-0.25, -0.2) is 0 Å². The van der Waals surface area contributed by atoms with Gasteiger partial charge in [-0.3, -0.25) is 0 Å². The van der Waals surface area contributed by atoms with Gasteiger partial charge in [0.05, 0.1) is 7.11 Å². The lowest BCUT2D eigenvalue weighted by Gasteiger charge is -2.17. The van der Waals surface area contributed by atoms with Crippen molar-refractivity contribution in [2.24, 2.45) is 0 Å². The van der Waals surface area contributed by atoms with Crippen LogP contribution in [-0.4, -0.2) is 21.2 Å². The molecule has 2 heteroatoms. The Morgan fingerprint density at radius 1 is 1.43 bits per heavy atom. The second kappa shape index (κ2) is 4.70. The molecule has 2 nitrogen and oxygen atoms in total. The highest BCUT2D eigenvalue weighted by Gasteiger charge is 2.04. The first-order valence-corrected chi connectivity index (χ1v) is 4.64. The van der Waals surface area contributed by atoms with E-state index in [1.807, 2.05) is 26.2 Å². The lowest BCUT2D eigenvalue weighted by Crippen LogP contribution is -2.11. The van der Waals surface area contributed by atoms with Crippen molar-refractivity contribution in [3.63, 3.8) is 0 Å². The predicted molar refractivity (Wildman–Crippen MR) is 61.2 cm³/mol. The lowest BCUT2D eigenvalue weighted by molar-refractivity contribution is 0.414. The fourth-order valence-corrected chi connectivity index (χ4v) is 1.44. The SMILES string of the molecule is C=CCc1cc(OC)ccc1N(C)C. The number of hydrogen-bond donors (Lipinski definition) is 0. The number of ether oxygens (including phenoxy) is 1. The minimum absolute atomic E-state index is 0.866. The first-order valence-electron chi connectivity index (χ1n) is 4.64. The third-order valence-corrected chi connectivity index (χ3v) is 2.13. The molecule has 0 aliphatic heterocycles. The van der Waals surface area contributed by atoms with Crippen LogP contribution in [0.3, 0.4) is 0 Å². The molecule has 0 N–H and O–H groups in total. The Morgan fingerprint density at radius 3 is 2.64 bits per heavy atom. The third-order valence-electron chi connectivity index (χ3n) is 2.13. The van der Waals surface area contributed by atoms with E-state index in [4.69, 9.17) is 4.74 Å². The molecule has 0 aliphatic rings. The number of benzene rings is 1. The van der Waals surface area contributed by atoms with Crippen LogP contribution in [0.2, 0.25) is 0 Å². The fraction of sp³-hybridized carbons (Fsp3) is 0.333. The molecule has 0 saturated carbocycles. The van der Waals surface area contributed by atoms with Crippen molar-refractivity contribution >= 4 is 5.69 Å². The molecule has 1 aromatic carbocycles. The zero-order valence-corrected chi connectivity index (χ0v) is 9.08. The maximum Gasteiger partial charge on any atom is 0.119 e. The molecule has 0 unspecified atom stereocenters. The molecule has 76 valence electrons. The fourth-order valence-electron chi connectivity index (χ4n) is 1.44. The second-order valence-corrected chi connectivity index (χ2v) is 3.38. The van der Waals surface area contributed by atoms with Gasteiger partial charge in [0.25, 0.3) is 0 Å². The number of nitrogens with zero attached hydrogens (tertiary/aromatic N) is 1. The van der Waals surface area contributed by atoms with E-state index in [2.05, 4.69) is 23.6 Å². The van der Waals surface area contributed by atoms with Crippen molar-refractivity contribution in [1.29, 1.82) is 0 Å². The van der Waals surface area contributed by atoms with Crippen LogP contribution in [0.4, 0.5) is 5.69 Å². The maximum atomic E-state index is 5.18. The zero-order chi connectivity index (χ0) is 10.6. The van der Waals surface area contributed by atoms with Crippen LogP contribution in [0.1, 0.15) is 5.56 Å². The Kier molecular flexibility index (Phi) is 3.57. The van der Waals surface area contributed by atoms with Crippen molar-refractivity contribution in [3.8, 4) is 5.75 Å². The van der Waals surface area contributed by atoms with E-state index in [1.165, 1.54) is 11.3 Å². The summed E-state index contributed by atoms with van der Waals surface area (Å²) in [6, 6.07) is 6.09. The highest BCUT2D eigenvalue weighted by atomic mass is 16.5. The molecule has 0 atom stereocenters. The number of rotatable bonds is 4. The van der Waals surface area contributed by atoms with Crippen molar-refractivity contribution in [3.05, 3.63) is 36.4 Å². The summed E-state index contributed by atoms with van der Waals surface area (Å²) >= 11 is 0. The molecular formula is C12H17NO. The van der Waals surface area contributed by atoms with Gasteiger partial charge >= 0.3 is 0 Å². The number of methoxy groups -OCH3 is 1. The van der Waals surface area contributed by atoms with Crippen molar-refractivity contribution < 1.29 is 4.74 Å². The van der Waals surface area contributed by atoms with E-state index >= 15 is 0 Å². The van der Waals surface area contributed by atoms with Crippen molar-refractivity contribution in [1.82, 2.24) is 0 Å². The normalized spacial score (nSPS) is 9.64. The number of hydrogen-bond acceptors (Lipinski definition) is 2. The quantitative estimate of drug-likeness (QED) is 0.678. The molecule has 0 aliphatic carbocycles. The number of allylic oxidation sites excluding steroid dienone is 1.